The molecular weight excluding hydrogens is 773 g/mol. The predicted octanol–water partition coefficient (Wildman–Crippen LogP) is 3.12. The standard InChI is InChI=1S/C43H42N8O9/c1-27(46-40(55)33(23-29-15-7-3-8-16-29)48-42(57)59-25-31-19-11-5-12-20-31)37(52)35(50-44)39(54)36(51-45)38(53)28(2)47-41(56)34(24-30-17-9-4-10-18-30)49-43(58)60-26-32-21-13-6-14-22-32/h3-22,27-28,33-34H,23-26H2,1-2H3,(H,46,55)(H,47,56)(H,48,57)(H,49,58). The molecule has 0 aromatic heterocycles. The van der Waals surface area contributed by atoms with Crippen molar-refractivity contribution in [2.24, 2.45) is 0 Å². The maximum Gasteiger partial charge on any atom is 0.415 e. The number of ketones is 3. The molecule has 4 amide bonds. The van der Waals surface area contributed by atoms with Gasteiger partial charge in [0.15, 0.2) is 0 Å². The summed E-state index contributed by atoms with van der Waals surface area (Å²) in [6.45, 7) is 2.11. The summed E-state index contributed by atoms with van der Waals surface area (Å²) in [7, 11) is 0. The van der Waals surface area contributed by atoms with Crippen LogP contribution in [0.3, 0.4) is 0 Å². The molecule has 0 saturated carbocycles. The Bertz CT molecular complexity index is 2100. The third-order valence-electron chi connectivity index (χ3n) is 8.81. The quantitative estimate of drug-likeness (QED) is 0.0442. The fourth-order valence-corrected chi connectivity index (χ4v) is 5.63. The van der Waals surface area contributed by atoms with Crippen molar-refractivity contribution in [3.8, 4) is 0 Å². The molecule has 0 bridgehead atoms. The Hall–Kier alpha value is -7.87. The second-order valence-corrected chi connectivity index (χ2v) is 13.3. The van der Waals surface area contributed by atoms with Crippen LogP contribution < -0.4 is 21.3 Å². The minimum Gasteiger partial charge on any atom is -0.445 e. The van der Waals surface area contributed by atoms with E-state index in [4.69, 9.17) is 9.47 Å². The number of Topliss-reactive ketones (excluding diaryl/α,β-unsaturated/α-hetero) is 3. The largest absolute Gasteiger partial charge is 0.445 e. The van der Waals surface area contributed by atoms with Gasteiger partial charge in [0.25, 0.3) is 11.6 Å². The molecule has 308 valence electrons. The molecule has 0 heterocycles. The molecule has 4 rings (SSSR count). The van der Waals surface area contributed by atoms with Crippen LogP contribution >= 0.6 is 0 Å². The van der Waals surface area contributed by atoms with E-state index in [1.54, 1.807) is 121 Å². The van der Waals surface area contributed by atoms with E-state index in [-0.39, 0.29) is 26.1 Å². The second-order valence-electron chi connectivity index (χ2n) is 13.3. The molecule has 4 aromatic rings. The van der Waals surface area contributed by atoms with Crippen molar-refractivity contribution in [1.82, 2.24) is 21.3 Å². The molecular formula is C43H42N8O9. The van der Waals surface area contributed by atoms with Gasteiger partial charge >= 0.3 is 29.4 Å². The average molecular weight is 815 g/mol. The van der Waals surface area contributed by atoms with Gasteiger partial charge < -0.3 is 41.8 Å². The summed E-state index contributed by atoms with van der Waals surface area (Å²) >= 11 is 0. The Balaban J connectivity index is 1.41. The van der Waals surface area contributed by atoms with E-state index < -0.39 is 76.9 Å². The highest BCUT2D eigenvalue weighted by Gasteiger charge is 2.46. The van der Waals surface area contributed by atoms with Gasteiger partial charge in [-0.25, -0.2) is 9.59 Å². The van der Waals surface area contributed by atoms with Crippen LogP contribution in [0.4, 0.5) is 9.59 Å². The summed E-state index contributed by atoms with van der Waals surface area (Å²) in [5.74, 6) is -6.00. The number of hydrogen-bond donors (Lipinski definition) is 4. The van der Waals surface area contributed by atoms with E-state index in [2.05, 4.69) is 30.8 Å². The van der Waals surface area contributed by atoms with Crippen molar-refractivity contribution in [1.29, 1.82) is 0 Å². The molecule has 60 heavy (non-hydrogen) atoms. The molecule has 0 aliphatic rings. The summed E-state index contributed by atoms with van der Waals surface area (Å²) in [6, 6.07) is 29.0. The second kappa shape index (κ2) is 22.8. The maximum absolute atomic E-state index is 13.5. The Morgan fingerprint density at radius 1 is 0.483 bits per heavy atom. The van der Waals surface area contributed by atoms with Crippen LogP contribution in [0, 0.1) is 0 Å². The number of alkyl carbamates (subject to hydrolysis) is 2. The summed E-state index contributed by atoms with van der Waals surface area (Å²) in [5, 5.41) is 9.65. The van der Waals surface area contributed by atoms with Gasteiger partial charge in [0.05, 0.1) is 12.1 Å². The first kappa shape index (κ1) is 44.8. The summed E-state index contributed by atoms with van der Waals surface area (Å²) in [6.07, 6.45) is -1.95. The molecule has 0 radical (unpaired) electrons. The lowest BCUT2D eigenvalue weighted by Crippen LogP contribution is -2.55. The van der Waals surface area contributed by atoms with Gasteiger partial charge in [-0.2, -0.15) is 9.58 Å². The first-order valence-corrected chi connectivity index (χ1v) is 18.6. The SMILES string of the molecule is CC(NC(=O)C(Cc1ccccc1)NC(=O)OCc1ccccc1)C(=O)C(=[N+]=[N-])C(=O)C(=[N+]=[N-])C(=O)C(C)NC(=O)C(Cc1ccccc1)NC(=O)OCc1ccccc1. The Morgan fingerprint density at radius 3 is 1.08 bits per heavy atom. The molecule has 4 aromatic carbocycles. The van der Waals surface area contributed by atoms with E-state index >= 15 is 0 Å². The molecule has 17 nitrogen and oxygen atoms in total. The van der Waals surface area contributed by atoms with E-state index in [0.717, 1.165) is 13.8 Å². The van der Waals surface area contributed by atoms with Crippen molar-refractivity contribution in [3.05, 3.63) is 155 Å². The van der Waals surface area contributed by atoms with Crippen LogP contribution in [0.15, 0.2) is 121 Å². The van der Waals surface area contributed by atoms with Crippen molar-refractivity contribution < 1.29 is 52.6 Å². The molecule has 0 saturated heterocycles. The molecule has 0 spiro atoms. The van der Waals surface area contributed by atoms with Gasteiger partial charge in [-0.1, -0.05) is 121 Å². The van der Waals surface area contributed by atoms with E-state index in [0.29, 0.717) is 22.3 Å². The number of ether oxygens (including phenoxy) is 2. The van der Waals surface area contributed by atoms with Crippen LogP contribution in [0.1, 0.15) is 36.1 Å². The van der Waals surface area contributed by atoms with Crippen molar-refractivity contribution in [3.63, 3.8) is 0 Å². The van der Waals surface area contributed by atoms with Crippen LogP contribution in [0.25, 0.3) is 11.1 Å². The van der Waals surface area contributed by atoms with Crippen molar-refractivity contribution in [2.45, 2.75) is 64.1 Å². The van der Waals surface area contributed by atoms with Crippen molar-refractivity contribution in [2.75, 3.05) is 0 Å². The lowest BCUT2D eigenvalue weighted by Gasteiger charge is -2.20. The van der Waals surface area contributed by atoms with Crippen LogP contribution in [-0.2, 0) is 59.5 Å². The first-order valence-electron chi connectivity index (χ1n) is 18.6. The van der Waals surface area contributed by atoms with E-state index in [1.807, 2.05) is 0 Å². The molecule has 4 unspecified atom stereocenters. The Kier molecular flexibility index (Phi) is 17.0. The molecule has 4 atom stereocenters. The van der Waals surface area contributed by atoms with Gasteiger partial charge in [-0.3, -0.25) is 24.0 Å². The molecule has 0 aliphatic carbocycles. The number of carbonyl (C=O) groups excluding carboxylic acids is 7. The topological polar surface area (TPSA) is 259 Å². The van der Waals surface area contributed by atoms with Gasteiger partial charge in [0.1, 0.15) is 25.3 Å². The Morgan fingerprint density at radius 2 is 0.783 bits per heavy atom. The van der Waals surface area contributed by atoms with Gasteiger partial charge in [0.2, 0.25) is 11.8 Å². The molecule has 0 aliphatic heterocycles. The highest BCUT2D eigenvalue weighted by molar-refractivity contribution is 6.87. The summed E-state index contributed by atoms with van der Waals surface area (Å²) < 4.78 is 10.5. The zero-order valence-electron chi connectivity index (χ0n) is 32.6. The van der Waals surface area contributed by atoms with Gasteiger partial charge in [-0.15, -0.1) is 0 Å². The van der Waals surface area contributed by atoms with E-state index in [9.17, 15) is 44.6 Å². The maximum atomic E-state index is 13.5. The first-order chi connectivity index (χ1) is 28.9. The normalized spacial score (nSPS) is 12.3. The Labute approximate surface area is 344 Å². The average Bonchev–Trinajstić information content (AvgIpc) is 3.26. The fraction of sp³-hybridized carbons (Fsp3) is 0.233. The van der Waals surface area contributed by atoms with Crippen molar-refractivity contribution >= 4 is 52.8 Å². The van der Waals surface area contributed by atoms with Crippen LogP contribution in [-0.4, -0.2) is 86.5 Å². The van der Waals surface area contributed by atoms with Gasteiger partial charge in [0, 0.05) is 12.8 Å². The number of nitrogens with one attached hydrogen (secondary N) is 4. The number of rotatable bonds is 20. The number of amides is 4. The third-order valence-corrected chi connectivity index (χ3v) is 8.81. The number of carbonyl (C=O) groups is 7. The number of nitrogens with zero attached hydrogens (tertiary/aromatic N) is 4. The molecule has 17 heteroatoms. The van der Waals surface area contributed by atoms with E-state index in [1.165, 1.54) is 0 Å². The molecule has 4 N–H and O–H groups in total. The van der Waals surface area contributed by atoms with Crippen LogP contribution in [0.2, 0.25) is 0 Å². The summed E-state index contributed by atoms with van der Waals surface area (Å²) in [5.41, 5.74) is 19.6. The number of benzene rings is 4. The zero-order chi connectivity index (χ0) is 43.4. The zero-order valence-corrected chi connectivity index (χ0v) is 32.6. The lowest BCUT2D eigenvalue weighted by molar-refractivity contribution is -0.131. The van der Waals surface area contributed by atoms with Gasteiger partial charge in [-0.05, 0) is 36.1 Å². The molecule has 0 fully saturated rings. The smallest absolute Gasteiger partial charge is 0.415 e. The predicted molar refractivity (Wildman–Crippen MR) is 215 cm³/mol. The lowest BCUT2D eigenvalue weighted by atomic mass is 9.97. The minimum absolute atomic E-state index is 0.0378. The third kappa shape index (κ3) is 13.7. The van der Waals surface area contributed by atoms with Crippen LogP contribution in [0.5, 0.6) is 0 Å². The summed E-state index contributed by atoms with van der Waals surface area (Å²) in [4.78, 5) is 98.1. The minimum atomic E-state index is -1.64. The highest BCUT2D eigenvalue weighted by atomic mass is 16.6. The monoisotopic (exact) mass is 814 g/mol. The highest BCUT2D eigenvalue weighted by Crippen LogP contribution is 2.09. The fourth-order valence-electron chi connectivity index (χ4n) is 5.63. The number of hydrogen-bond acceptors (Lipinski definition) is 9.